The molecule has 2 bridgehead atoms. The summed E-state index contributed by atoms with van der Waals surface area (Å²) in [4.78, 5) is 18.7. The van der Waals surface area contributed by atoms with E-state index in [4.69, 9.17) is 9.47 Å². The normalized spacial score (nSPS) is 27.0. The van der Waals surface area contributed by atoms with Gasteiger partial charge in [0.15, 0.2) is 0 Å². The number of nitrogens with zero attached hydrogens (tertiary/aromatic N) is 2. The minimum atomic E-state index is -0.454. The SMILES string of the molecule is CC(C)(C)OC(=O)N1C2CCC1CC(Oc1cccc(Br)n1)C2. The molecule has 2 aliphatic heterocycles. The summed E-state index contributed by atoms with van der Waals surface area (Å²) in [5.74, 6) is 0.634. The Morgan fingerprint density at radius 2 is 1.91 bits per heavy atom. The van der Waals surface area contributed by atoms with Gasteiger partial charge in [0.25, 0.3) is 0 Å². The molecule has 2 aliphatic rings. The number of ether oxygens (including phenoxy) is 2. The highest BCUT2D eigenvalue weighted by Crippen LogP contribution is 2.38. The first-order valence-corrected chi connectivity index (χ1v) is 8.91. The van der Waals surface area contributed by atoms with Crippen molar-refractivity contribution in [2.75, 3.05) is 0 Å². The van der Waals surface area contributed by atoms with Crippen LogP contribution in [0, 0.1) is 0 Å². The number of piperidine rings is 1. The van der Waals surface area contributed by atoms with Gasteiger partial charge in [-0.15, -0.1) is 0 Å². The summed E-state index contributed by atoms with van der Waals surface area (Å²) in [7, 11) is 0. The third kappa shape index (κ3) is 3.97. The van der Waals surface area contributed by atoms with Crippen LogP contribution in [-0.2, 0) is 4.74 Å². The maximum atomic E-state index is 12.4. The van der Waals surface area contributed by atoms with Crippen molar-refractivity contribution in [2.45, 2.75) is 70.2 Å². The largest absolute Gasteiger partial charge is 0.474 e. The van der Waals surface area contributed by atoms with E-state index < -0.39 is 5.60 Å². The lowest BCUT2D eigenvalue weighted by Gasteiger charge is -2.39. The lowest BCUT2D eigenvalue weighted by atomic mass is 10.0. The quantitative estimate of drug-likeness (QED) is 0.720. The van der Waals surface area contributed by atoms with Crippen molar-refractivity contribution in [3.05, 3.63) is 22.8 Å². The molecular formula is C17H23BrN2O3. The fourth-order valence-corrected chi connectivity index (χ4v) is 3.79. The Bertz CT molecular complexity index is 573. The van der Waals surface area contributed by atoms with Gasteiger partial charge in [0, 0.05) is 31.0 Å². The van der Waals surface area contributed by atoms with Crippen molar-refractivity contribution >= 4 is 22.0 Å². The van der Waals surface area contributed by atoms with E-state index in [1.807, 2.05) is 43.9 Å². The Hall–Kier alpha value is -1.30. The topological polar surface area (TPSA) is 51.7 Å². The van der Waals surface area contributed by atoms with Crippen LogP contribution in [0.2, 0.25) is 0 Å². The summed E-state index contributed by atoms with van der Waals surface area (Å²) in [6.07, 6.45) is 3.64. The highest BCUT2D eigenvalue weighted by molar-refractivity contribution is 9.10. The van der Waals surface area contributed by atoms with Crippen molar-refractivity contribution < 1.29 is 14.3 Å². The van der Waals surface area contributed by atoms with Crippen LogP contribution in [0.15, 0.2) is 22.8 Å². The van der Waals surface area contributed by atoms with Crippen LogP contribution in [0.4, 0.5) is 4.79 Å². The van der Waals surface area contributed by atoms with Gasteiger partial charge in [0.05, 0.1) is 0 Å². The van der Waals surface area contributed by atoms with Gasteiger partial charge in [-0.1, -0.05) is 6.07 Å². The van der Waals surface area contributed by atoms with Crippen molar-refractivity contribution in [1.82, 2.24) is 9.88 Å². The highest BCUT2D eigenvalue weighted by atomic mass is 79.9. The fraction of sp³-hybridized carbons (Fsp3) is 0.647. The van der Waals surface area contributed by atoms with Crippen LogP contribution in [-0.4, -0.2) is 39.8 Å². The standard InChI is InChI=1S/C17H23BrN2O3/c1-17(2,3)23-16(21)20-11-7-8-12(20)10-13(9-11)22-15-6-4-5-14(18)19-15/h4-6,11-13H,7-10H2,1-3H3. The van der Waals surface area contributed by atoms with E-state index in [2.05, 4.69) is 20.9 Å². The van der Waals surface area contributed by atoms with Crippen molar-refractivity contribution in [3.8, 4) is 5.88 Å². The molecule has 3 rings (SSSR count). The molecule has 2 fully saturated rings. The van der Waals surface area contributed by atoms with Crippen LogP contribution in [0.25, 0.3) is 0 Å². The zero-order valence-corrected chi connectivity index (χ0v) is 15.4. The molecular weight excluding hydrogens is 360 g/mol. The summed E-state index contributed by atoms with van der Waals surface area (Å²) in [6.45, 7) is 5.71. The minimum absolute atomic E-state index is 0.105. The lowest BCUT2D eigenvalue weighted by molar-refractivity contribution is -0.00760. The fourth-order valence-electron chi connectivity index (χ4n) is 3.46. The summed E-state index contributed by atoms with van der Waals surface area (Å²) >= 11 is 3.36. The van der Waals surface area contributed by atoms with E-state index in [1.165, 1.54) is 0 Å². The van der Waals surface area contributed by atoms with Crippen LogP contribution in [0.3, 0.4) is 0 Å². The molecule has 6 heteroatoms. The first-order chi connectivity index (χ1) is 10.8. The summed E-state index contributed by atoms with van der Waals surface area (Å²) in [6, 6.07) is 6.08. The number of halogens is 1. The number of rotatable bonds is 2. The molecule has 1 amide bonds. The number of hydrogen-bond donors (Lipinski definition) is 0. The Morgan fingerprint density at radius 3 is 2.48 bits per heavy atom. The molecule has 5 nitrogen and oxygen atoms in total. The molecule has 0 radical (unpaired) electrons. The molecule has 0 N–H and O–H groups in total. The molecule has 2 atom stereocenters. The maximum absolute atomic E-state index is 12.4. The second-order valence-corrected chi connectivity index (χ2v) is 8.09. The van der Waals surface area contributed by atoms with E-state index in [0.717, 1.165) is 30.3 Å². The molecule has 2 saturated heterocycles. The molecule has 1 aromatic heterocycles. The van der Waals surface area contributed by atoms with Gasteiger partial charge < -0.3 is 14.4 Å². The number of fused-ring (bicyclic) bond motifs is 2. The third-order valence-corrected chi connectivity index (χ3v) is 4.71. The maximum Gasteiger partial charge on any atom is 0.410 e. The molecule has 2 unspecified atom stereocenters. The molecule has 0 aliphatic carbocycles. The van der Waals surface area contributed by atoms with E-state index in [1.54, 1.807) is 0 Å². The van der Waals surface area contributed by atoms with E-state index in [9.17, 15) is 4.79 Å². The third-order valence-electron chi connectivity index (χ3n) is 4.27. The van der Waals surface area contributed by atoms with Crippen LogP contribution in [0.1, 0.15) is 46.5 Å². The number of hydrogen-bond acceptors (Lipinski definition) is 4. The first kappa shape index (κ1) is 16.6. The zero-order valence-electron chi connectivity index (χ0n) is 13.8. The van der Waals surface area contributed by atoms with E-state index in [0.29, 0.717) is 5.88 Å². The second kappa shape index (κ2) is 6.30. The second-order valence-electron chi connectivity index (χ2n) is 7.28. The van der Waals surface area contributed by atoms with Gasteiger partial charge in [0.2, 0.25) is 5.88 Å². The Morgan fingerprint density at radius 1 is 1.26 bits per heavy atom. The monoisotopic (exact) mass is 382 g/mol. The van der Waals surface area contributed by atoms with Crippen LogP contribution >= 0.6 is 15.9 Å². The smallest absolute Gasteiger partial charge is 0.410 e. The predicted molar refractivity (Wildman–Crippen MR) is 90.5 cm³/mol. The molecule has 23 heavy (non-hydrogen) atoms. The molecule has 3 heterocycles. The van der Waals surface area contributed by atoms with Gasteiger partial charge in [0.1, 0.15) is 16.3 Å². The molecule has 0 aromatic carbocycles. The van der Waals surface area contributed by atoms with Crippen molar-refractivity contribution in [2.24, 2.45) is 0 Å². The number of carbonyl (C=O) groups excluding carboxylic acids is 1. The number of carbonyl (C=O) groups is 1. The molecule has 1 aromatic rings. The minimum Gasteiger partial charge on any atom is -0.474 e. The zero-order chi connectivity index (χ0) is 16.6. The molecule has 126 valence electrons. The Labute approximate surface area is 145 Å². The van der Waals surface area contributed by atoms with Gasteiger partial charge in [-0.05, 0) is 55.6 Å². The van der Waals surface area contributed by atoms with Gasteiger partial charge >= 0.3 is 6.09 Å². The Balaban J connectivity index is 1.64. The lowest BCUT2D eigenvalue weighted by Crippen LogP contribution is -2.50. The van der Waals surface area contributed by atoms with E-state index >= 15 is 0 Å². The van der Waals surface area contributed by atoms with Crippen LogP contribution < -0.4 is 4.74 Å². The average molecular weight is 383 g/mol. The molecule has 0 saturated carbocycles. The summed E-state index contributed by atoms with van der Waals surface area (Å²) < 4.78 is 12.3. The highest BCUT2D eigenvalue weighted by Gasteiger charge is 2.45. The number of aromatic nitrogens is 1. The number of amides is 1. The van der Waals surface area contributed by atoms with Crippen molar-refractivity contribution in [3.63, 3.8) is 0 Å². The predicted octanol–water partition coefficient (Wildman–Crippen LogP) is 4.15. The van der Waals surface area contributed by atoms with Crippen molar-refractivity contribution in [1.29, 1.82) is 0 Å². The molecule has 0 spiro atoms. The van der Waals surface area contributed by atoms with Gasteiger partial charge in [-0.25, -0.2) is 9.78 Å². The first-order valence-electron chi connectivity index (χ1n) is 8.12. The summed E-state index contributed by atoms with van der Waals surface area (Å²) in [5, 5.41) is 0. The van der Waals surface area contributed by atoms with Gasteiger partial charge in [-0.2, -0.15) is 0 Å². The number of pyridine rings is 1. The van der Waals surface area contributed by atoms with Crippen LogP contribution in [0.5, 0.6) is 5.88 Å². The van der Waals surface area contributed by atoms with E-state index in [-0.39, 0.29) is 24.3 Å². The summed E-state index contributed by atoms with van der Waals surface area (Å²) in [5.41, 5.74) is -0.454. The Kier molecular flexibility index (Phi) is 4.54. The van der Waals surface area contributed by atoms with Gasteiger partial charge in [-0.3, -0.25) is 0 Å². The average Bonchev–Trinajstić information content (AvgIpc) is 2.69.